The lowest BCUT2D eigenvalue weighted by Crippen LogP contribution is -2.29. The maximum absolute atomic E-state index is 9.24. The van der Waals surface area contributed by atoms with Gasteiger partial charge in [-0.25, -0.2) is 0 Å². The number of nitriles is 1. The number of hydrogen-bond acceptors (Lipinski definition) is 3. The van der Waals surface area contributed by atoms with Crippen molar-refractivity contribution in [2.24, 2.45) is 0 Å². The molecule has 88 valence electrons. The van der Waals surface area contributed by atoms with Gasteiger partial charge in [0.25, 0.3) is 0 Å². The summed E-state index contributed by atoms with van der Waals surface area (Å²) in [7, 11) is 0. The largest absolute Gasteiger partial charge is 0.366 e. The molecule has 0 amide bonds. The summed E-state index contributed by atoms with van der Waals surface area (Å²) in [5, 5.41) is 9.24. The fourth-order valence-electron chi connectivity index (χ4n) is 2.19. The standard InChI is InChI=1S/C14H17N3/c1-10-4-6-17(7-5-10)14-8-11(2)16-12(3)13(14)9-15/h4,8H,5-7H2,1-3H3. The van der Waals surface area contributed by atoms with Gasteiger partial charge in [-0.3, -0.25) is 4.98 Å². The Bertz CT molecular complexity index is 509. The molecule has 2 rings (SSSR count). The van der Waals surface area contributed by atoms with E-state index in [1.54, 1.807) is 0 Å². The summed E-state index contributed by atoms with van der Waals surface area (Å²) in [4.78, 5) is 6.61. The van der Waals surface area contributed by atoms with Gasteiger partial charge in [0.2, 0.25) is 0 Å². The number of anilines is 1. The molecule has 0 aromatic carbocycles. The van der Waals surface area contributed by atoms with Crippen molar-refractivity contribution in [2.45, 2.75) is 27.2 Å². The molecule has 0 aliphatic carbocycles. The van der Waals surface area contributed by atoms with Crippen LogP contribution in [0.2, 0.25) is 0 Å². The van der Waals surface area contributed by atoms with E-state index in [-0.39, 0.29) is 0 Å². The lowest BCUT2D eigenvalue weighted by Gasteiger charge is -2.28. The van der Waals surface area contributed by atoms with Crippen LogP contribution in [-0.4, -0.2) is 18.1 Å². The highest BCUT2D eigenvalue weighted by atomic mass is 15.1. The van der Waals surface area contributed by atoms with E-state index in [9.17, 15) is 5.26 Å². The molecule has 1 aromatic rings. The Morgan fingerprint density at radius 1 is 1.35 bits per heavy atom. The first-order valence-corrected chi connectivity index (χ1v) is 5.90. The molecule has 0 N–H and O–H groups in total. The summed E-state index contributed by atoms with van der Waals surface area (Å²) in [6.45, 7) is 7.91. The number of hydrogen-bond donors (Lipinski definition) is 0. The summed E-state index contributed by atoms with van der Waals surface area (Å²) in [5.74, 6) is 0. The zero-order valence-electron chi connectivity index (χ0n) is 10.6. The Morgan fingerprint density at radius 3 is 2.71 bits per heavy atom. The molecular weight excluding hydrogens is 210 g/mol. The molecule has 17 heavy (non-hydrogen) atoms. The van der Waals surface area contributed by atoms with Crippen molar-refractivity contribution in [3.63, 3.8) is 0 Å². The average Bonchev–Trinajstić information content (AvgIpc) is 2.29. The van der Waals surface area contributed by atoms with Crippen molar-refractivity contribution >= 4 is 5.69 Å². The van der Waals surface area contributed by atoms with Gasteiger partial charge < -0.3 is 4.90 Å². The molecule has 0 unspecified atom stereocenters. The molecule has 0 radical (unpaired) electrons. The summed E-state index contributed by atoms with van der Waals surface area (Å²) < 4.78 is 0. The normalized spacial score (nSPS) is 15.4. The fraction of sp³-hybridized carbons (Fsp3) is 0.429. The van der Waals surface area contributed by atoms with Gasteiger partial charge in [0, 0.05) is 18.8 Å². The van der Waals surface area contributed by atoms with Gasteiger partial charge in [-0.2, -0.15) is 5.26 Å². The van der Waals surface area contributed by atoms with E-state index in [0.717, 1.165) is 36.6 Å². The average molecular weight is 227 g/mol. The molecule has 0 bridgehead atoms. The first kappa shape index (κ1) is 11.7. The van der Waals surface area contributed by atoms with Crippen LogP contribution in [0.3, 0.4) is 0 Å². The minimum absolute atomic E-state index is 0.712. The molecule has 2 heterocycles. The van der Waals surface area contributed by atoms with Crippen molar-refractivity contribution in [1.29, 1.82) is 5.26 Å². The second kappa shape index (κ2) is 4.58. The maximum atomic E-state index is 9.24. The molecule has 1 aromatic heterocycles. The van der Waals surface area contributed by atoms with Crippen LogP contribution in [-0.2, 0) is 0 Å². The zero-order chi connectivity index (χ0) is 12.4. The number of aryl methyl sites for hydroxylation is 2. The predicted molar refractivity (Wildman–Crippen MR) is 69.0 cm³/mol. The monoisotopic (exact) mass is 227 g/mol. The van der Waals surface area contributed by atoms with E-state index in [4.69, 9.17) is 0 Å². The third-order valence-electron chi connectivity index (χ3n) is 3.20. The molecule has 0 spiro atoms. The highest BCUT2D eigenvalue weighted by Gasteiger charge is 2.16. The topological polar surface area (TPSA) is 39.9 Å². The van der Waals surface area contributed by atoms with Crippen LogP contribution in [0, 0.1) is 25.2 Å². The first-order chi connectivity index (χ1) is 8.11. The molecule has 0 atom stereocenters. The summed E-state index contributed by atoms with van der Waals surface area (Å²) in [6.07, 6.45) is 3.31. The van der Waals surface area contributed by atoms with Crippen molar-refractivity contribution in [1.82, 2.24) is 4.98 Å². The maximum Gasteiger partial charge on any atom is 0.103 e. The second-order valence-corrected chi connectivity index (χ2v) is 4.60. The minimum atomic E-state index is 0.712. The third kappa shape index (κ3) is 2.31. The fourth-order valence-corrected chi connectivity index (χ4v) is 2.19. The van der Waals surface area contributed by atoms with Gasteiger partial charge in [-0.05, 0) is 33.3 Å². The number of aromatic nitrogens is 1. The highest BCUT2D eigenvalue weighted by Crippen LogP contribution is 2.25. The SMILES string of the molecule is CC1=CCN(c2cc(C)nc(C)c2C#N)CC1. The molecule has 3 nitrogen and oxygen atoms in total. The summed E-state index contributed by atoms with van der Waals surface area (Å²) in [5.41, 5.74) is 4.98. The van der Waals surface area contributed by atoms with Crippen LogP contribution in [0.1, 0.15) is 30.3 Å². The van der Waals surface area contributed by atoms with Crippen molar-refractivity contribution < 1.29 is 0 Å². The van der Waals surface area contributed by atoms with Gasteiger partial charge in [0.1, 0.15) is 6.07 Å². The van der Waals surface area contributed by atoms with Gasteiger partial charge >= 0.3 is 0 Å². The van der Waals surface area contributed by atoms with Gasteiger partial charge in [0.15, 0.2) is 0 Å². The molecular formula is C14H17N3. The Hall–Kier alpha value is -1.82. The van der Waals surface area contributed by atoms with E-state index in [1.807, 2.05) is 19.9 Å². The quantitative estimate of drug-likeness (QED) is 0.692. The third-order valence-corrected chi connectivity index (χ3v) is 3.20. The van der Waals surface area contributed by atoms with E-state index in [0.29, 0.717) is 5.56 Å². The lowest BCUT2D eigenvalue weighted by atomic mass is 10.1. The van der Waals surface area contributed by atoms with Crippen LogP contribution in [0.5, 0.6) is 0 Å². The molecule has 1 aliphatic rings. The van der Waals surface area contributed by atoms with Crippen LogP contribution in [0.4, 0.5) is 5.69 Å². The van der Waals surface area contributed by atoms with Gasteiger partial charge in [-0.15, -0.1) is 0 Å². The Balaban J connectivity index is 2.42. The molecule has 0 fully saturated rings. The van der Waals surface area contributed by atoms with Gasteiger partial charge in [0.05, 0.1) is 16.9 Å². The Morgan fingerprint density at radius 2 is 2.12 bits per heavy atom. The number of nitrogens with zero attached hydrogens (tertiary/aromatic N) is 3. The number of rotatable bonds is 1. The van der Waals surface area contributed by atoms with E-state index < -0.39 is 0 Å². The lowest BCUT2D eigenvalue weighted by molar-refractivity contribution is 0.784. The zero-order valence-corrected chi connectivity index (χ0v) is 10.6. The molecule has 1 aliphatic heterocycles. The highest BCUT2D eigenvalue weighted by molar-refractivity contribution is 5.62. The smallest absolute Gasteiger partial charge is 0.103 e. The Labute approximate surface area is 102 Å². The van der Waals surface area contributed by atoms with Crippen molar-refractivity contribution in [2.75, 3.05) is 18.0 Å². The van der Waals surface area contributed by atoms with E-state index in [1.165, 1.54) is 5.57 Å². The Kier molecular flexibility index (Phi) is 3.14. The van der Waals surface area contributed by atoms with Gasteiger partial charge in [-0.1, -0.05) is 11.6 Å². The van der Waals surface area contributed by atoms with Crippen LogP contribution in [0.25, 0.3) is 0 Å². The van der Waals surface area contributed by atoms with E-state index >= 15 is 0 Å². The summed E-state index contributed by atoms with van der Waals surface area (Å²) in [6, 6.07) is 4.29. The second-order valence-electron chi connectivity index (χ2n) is 4.60. The minimum Gasteiger partial charge on any atom is -0.366 e. The van der Waals surface area contributed by atoms with Crippen LogP contribution >= 0.6 is 0 Å². The van der Waals surface area contributed by atoms with Crippen LogP contribution < -0.4 is 4.90 Å². The van der Waals surface area contributed by atoms with Crippen LogP contribution in [0.15, 0.2) is 17.7 Å². The predicted octanol–water partition coefficient (Wildman–Crippen LogP) is 2.73. The number of pyridine rings is 1. The first-order valence-electron chi connectivity index (χ1n) is 5.90. The summed E-state index contributed by atoms with van der Waals surface area (Å²) >= 11 is 0. The van der Waals surface area contributed by atoms with Crippen molar-refractivity contribution in [3.8, 4) is 6.07 Å². The molecule has 0 saturated heterocycles. The van der Waals surface area contributed by atoms with Crippen molar-refractivity contribution in [3.05, 3.63) is 34.7 Å². The molecule has 3 heteroatoms. The van der Waals surface area contributed by atoms with E-state index in [2.05, 4.69) is 29.0 Å². The molecule has 0 saturated carbocycles.